The highest BCUT2D eigenvalue weighted by atomic mass is 19.4. The number of nitrogens with zero attached hydrogens (tertiary/aromatic N) is 3. The minimum atomic E-state index is -4.51. The number of carbonyl (C=O) groups is 1. The lowest BCUT2D eigenvalue weighted by Gasteiger charge is -2.11. The molecule has 1 aliphatic heterocycles. The van der Waals surface area contributed by atoms with E-state index in [2.05, 4.69) is 15.5 Å². The molecule has 0 aliphatic carbocycles. The van der Waals surface area contributed by atoms with Crippen LogP contribution in [-0.2, 0) is 17.5 Å². The van der Waals surface area contributed by atoms with E-state index in [1.165, 1.54) is 36.7 Å². The first-order valence-corrected chi connectivity index (χ1v) is 8.19. The smallest absolute Gasteiger partial charge is 0.319 e. The summed E-state index contributed by atoms with van der Waals surface area (Å²) in [7, 11) is 0. The van der Waals surface area contributed by atoms with Gasteiger partial charge in [-0.3, -0.25) is 4.79 Å². The number of allylic oxidation sites excluding steroid dienone is 1. The molecule has 2 aromatic carbocycles. The lowest BCUT2D eigenvalue weighted by molar-refractivity contribution is -0.137. The molecule has 0 spiro atoms. The van der Waals surface area contributed by atoms with Crippen LogP contribution < -0.4 is 5.32 Å². The molecule has 1 amide bonds. The minimum Gasteiger partial charge on any atom is -0.319 e. The molecule has 0 unspecified atom stereocenters. The number of anilines is 1. The number of carbonyl (C=O) groups excluding carboxylic acids is 1. The topological polar surface area (TPSA) is 59.8 Å². The first kappa shape index (κ1) is 17.9. The van der Waals surface area contributed by atoms with Gasteiger partial charge in [-0.15, -0.1) is 10.2 Å². The molecule has 0 atom stereocenters. The van der Waals surface area contributed by atoms with Gasteiger partial charge in [-0.25, -0.2) is 4.39 Å². The Labute approximate surface area is 156 Å². The number of nitrogens with one attached hydrogen (secondary N) is 1. The van der Waals surface area contributed by atoms with Crippen LogP contribution >= 0.6 is 0 Å². The molecule has 2 heterocycles. The molecule has 28 heavy (non-hydrogen) atoms. The van der Waals surface area contributed by atoms with E-state index in [-0.39, 0.29) is 29.2 Å². The summed E-state index contributed by atoms with van der Waals surface area (Å²) in [5.74, 6) is -1.10. The van der Waals surface area contributed by atoms with Crippen LogP contribution in [0.2, 0.25) is 0 Å². The lowest BCUT2D eigenvalue weighted by Crippen LogP contribution is -2.15. The molecular formula is C19H12F4N4O. The number of benzene rings is 2. The Bertz CT molecular complexity index is 1100. The van der Waals surface area contributed by atoms with Crippen LogP contribution in [0, 0.1) is 5.82 Å². The number of para-hydroxylation sites is 1. The molecule has 1 N–H and O–H groups in total. The summed E-state index contributed by atoms with van der Waals surface area (Å²) < 4.78 is 54.7. The molecule has 0 radical (unpaired) electrons. The second kappa shape index (κ2) is 6.59. The van der Waals surface area contributed by atoms with E-state index in [4.69, 9.17) is 0 Å². The van der Waals surface area contributed by atoms with Gasteiger partial charge in [-0.1, -0.05) is 24.3 Å². The number of halogens is 4. The first-order valence-electron chi connectivity index (χ1n) is 8.19. The van der Waals surface area contributed by atoms with Crippen molar-refractivity contribution in [1.29, 1.82) is 0 Å². The van der Waals surface area contributed by atoms with Gasteiger partial charge in [0.1, 0.15) is 12.1 Å². The Balaban J connectivity index is 1.79. The average Bonchev–Trinajstić information content (AvgIpc) is 3.24. The molecule has 0 saturated heterocycles. The number of aromatic nitrogens is 3. The highest BCUT2D eigenvalue weighted by Crippen LogP contribution is 2.37. The van der Waals surface area contributed by atoms with E-state index in [1.807, 2.05) is 0 Å². The monoisotopic (exact) mass is 388 g/mol. The van der Waals surface area contributed by atoms with Crippen molar-refractivity contribution in [3.05, 3.63) is 77.6 Å². The Kier molecular flexibility index (Phi) is 4.21. The predicted octanol–water partition coefficient (Wildman–Crippen LogP) is 4.00. The van der Waals surface area contributed by atoms with E-state index in [0.29, 0.717) is 5.57 Å². The van der Waals surface area contributed by atoms with Crippen LogP contribution in [-0.4, -0.2) is 20.7 Å². The Morgan fingerprint density at radius 3 is 2.64 bits per heavy atom. The molecule has 1 aromatic heterocycles. The number of alkyl halides is 3. The molecule has 0 fully saturated rings. The number of amides is 1. The summed E-state index contributed by atoms with van der Waals surface area (Å²) in [4.78, 5) is 12.9. The zero-order valence-corrected chi connectivity index (χ0v) is 14.2. The van der Waals surface area contributed by atoms with E-state index in [9.17, 15) is 22.4 Å². The fourth-order valence-corrected chi connectivity index (χ4v) is 3.05. The zero-order valence-electron chi connectivity index (χ0n) is 14.2. The summed E-state index contributed by atoms with van der Waals surface area (Å²) in [5, 5.41) is 10.1. The number of hydrogen-bond acceptors (Lipinski definition) is 3. The molecule has 1 aliphatic rings. The van der Waals surface area contributed by atoms with Gasteiger partial charge in [0.25, 0.3) is 5.91 Å². The largest absolute Gasteiger partial charge is 0.416 e. The number of rotatable bonds is 3. The molecule has 4 rings (SSSR count). The second-order valence-electron chi connectivity index (χ2n) is 6.15. The van der Waals surface area contributed by atoms with Gasteiger partial charge < -0.3 is 9.88 Å². The number of fused-ring (bicyclic) bond motifs is 1. The maximum atomic E-state index is 13.9. The maximum Gasteiger partial charge on any atom is 0.416 e. The van der Waals surface area contributed by atoms with Crippen molar-refractivity contribution >= 4 is 22.7 Å². The summed E-state index contributed by atoms with van der Waals surface area (Å²) in [6.07, 6.45) is -3.13. The van der Waals surface area contributed by atoms with Crippen molar-refractivity contribution in [3.8, 4) is 0 Å². The van der Waals surface area contributed by atoms with E-state index in [1.54, 1.807) is 10.6 Å². The van der Waals surface area contributed by atoms with Crippen molar-refractivity contribution in [2.24, 2.45) is 0 Å². The average molecular weight is 388 g/mol. The van der Waals surface area contributed by atoms with Gasteiger partial charge in [-0.2, -0.15) is 13.2 Å². The van der Waals surface area contributed by atoms with Crippen molar-refractivity contribution in [2.75, 3.05) is 5.32 Å². The van der Waals surface area contributed by atoms with Gasteiger partial charge >= 0.3 is 6.18 Å². The SMILES string of the molecule is O=C(Nc1ccccc1F)C1=C(c2cccc(C(F)(F)F)c2)Cn2cnnc21. The Morgan fingerprint density at radius 2 is 1.89 bits per heavy atom. The zero-order chi connectivity index (χ0) is 19.9. The number of hydrogen-bond donors (Lipinski definition) is 1. The van der Waals surface area contributed by atoms with E-state index in [0.717, 1.165) is 12.1 Å². The third-order valence-electron chi connectivity index (χ3n) is 4.36. The molecule has 5 nitrogen and oxygen atoms in total. The quantitative estimate of drug-likeness (QED) is 0.690. The molecule has 3 aromatic rings. The summed E-state index contributed by atoms with van der Waals surface area (Å²) in [6.45, 7) is 0.129. The maximum absolute atomic E-state index is 13.9. The third-order valence-corrected chi connectivity index (χ3v) is 4.36. The van der Waals surface area contributed by atoms with Crippen molar-refractivity contribution in [1.82, 2.24) is 14.8 Å². The summed E-state index contributed by atoms with van der Waals surface area (Å²) in [5.41, 5.74) is -0.223. The molecule has 0 saturated carbocycles. The van der Waals surface area contributed by atoms with Crippen molar-refractivity contribution in [2.45, 2.75) is 12.7 Å². The molecular weight excluding hydrogens is 376 g/mol. The fraction of sp³-hybridized carbons (Fsp3) is 0.105. The normalized spacial score (nSPS) is 13.6. The predicted molar refractivity (Wildman–Crippen MR) is 93.3 cm³/mol. The Hall–Kier alpha value is -3.49. The Morgan fingerprint density at radius 1 is 1.11 bits per heavy atom. The van der Waals surface area contributed by atoms with Crippen molar-refractivity contribution < 1.29 is 22.4 Å². The summed E-state index contributed by atoms with van der Waals surface area (Å²) in [6, 6.07) is 10.3. The van der Waals surface area contributed by atoms with Gasteiger partial charge in [0.15, 0.2) is 5.82 Å². The minimum absolute atomic E-state index is 0.0404. The van der Waals surface area contributed by atoms with Crippen LogP contribution in [0.5, 0.6) is 0 Å². The van der Waals surface area contributed by atoms with Crippen LogP contribution in [0.3, 0.4) is 0 Å². The van der Waals surface area contributed by atoms with E-state index < -0.39 is 23.5 Å². The van der Waals surface area contributed by atoms with Gasteiger partial charge in [-0.05, 0) is 35.4 Å². The molecule has 9 heteroatoms. The van der Waals surface area contributed by atoms with Crippen LogP contribution in [0.25, 0.3) is 11.1 Å². The van der Waals surface area contributed by atoms with Gasteiger partial charge in [0.2, 0.25) is 0 Å². The first-order chi connectivity index (χ1) is 13.3. The highest BCUT2D eigenvalue weighted by Gasteiger charge is 2.33. The van der Waals surface area contributed by atoms with E-state index >= 15 is 0 Å². The molecule has 142 valence electrons. The highest BCUT2D eigenvalue weighted by molar-refractivity contribution is 6.31. The van der Waals surface area contributed by atoms with Gasteiger partial charge in [0, 0.05) is 0 Å². The standard InChI is InChI=1S/C19H12F4N4O/c20-14-6-1-2-7-15(14)25-18(28)16-13(9-27-10-24-26-17(16)27)11-4-3-5-12(8-11)19(21,22)23/h1-8,10H,9H2,(H,25,28). The van der Waals surface area contributed by atoms with Crippen LogP contribution in [0.4, 0.5) is 23.2 Å². The van der Waals surface area contributed by atoms with Crippen molar-refractivity contribution in [3.63, 3.8) is 0 Å². The summed E-state index contributed by atoms with van der Waals surface area (Å²) >= 11 is 0. The molecule has 0 bridgehead atoms. The van der Waals surface area contributed by atoms with Crippen LogP contribution in [0.15, 0.2) is 54.9 Å². The second-order valence-corrected chi connectivity index (χ2v) is 6.15. The van der Waals surface area contributed by atoms with Crippen LogP contribution in [0.1, 0.15) is 17.0 Å². The third kappa shape index (κ3) is 3.15. The lowest BCUT2D eigenvalue weighted by atomic mass is 9.99. The van der Waals surface area contributed by atoms with Gasteiger partial charge in [0.05, 0.1) is 23.4 Å². The fourth-order valence-electron chi connectivity index (χ4n) is 3.05.